The Hall–Kier alpha value is -1.61. The summed E-state index contributed by atoms with van der Waals surface area (Å²) < 4.78 is 15.9. The first-order valence-corrected chi connectivity index (χ1v) is 7.13. The second-order valence-corrected chi connectivity index (χ2v) is 4.67. The predicted octanol–water partition coefficient (Wildman–Crippen LogP) is 1.92. The first-order chi connectivity index (χ1) is 10.3. The molecule has 0 N–H and O–H groups in total. The van der Waals surface area contributed by atoms with Crippen molar-refractivity contribution in [1.29, 1.82) is 5.26 Å². The lowest BCUT2D eigenvalue weighted by Crippen LogP contribution is -2.32. The number of nitriles is 1. The molecular formula is C16H24N2O3. The van der Waals surface area contributed by atoms with Crippen LogP contribution >= 0.6 is 0 Å². The van der Waals surface area contributed by atoms with Gasteiger partial charge < -0.3 is 14.2 Å². The summed E-state index contributed by atoms with van der Waals surface area (Å²) in [5.74, 6) is 0.800. The average Bonchev–Trinajstić information content (AvgIpc) is 2.53. The van der Waals surface area contributed by atoms with Gasteiger partial charge in [0, 0.05) is 33.9 Å². The van der Waals surface area contributed by atoms with Gasteiger partial charge >= 0.3 is 0 Å². The summed E-state index contributed by atoms with van der Waals surface area (Å²) in [5, 5.41) is 8.73. The fourth-order valence-electron chi connectivity index (χ4n) is 1.88. The molecule has 0 saturated heterocycles. The van der Waals surface area contributed by atoms with Gasteiger partial charge in [-0.3, -0.25) is 4.90 Å². The van der Waals surface area contributed by atoms with Gasteiger partial charge in [0.25, 0.3) is 0 Å². The molecule has 0 spiro atoms. The zero-order valence-corrected chi connectivity index (χ0v) is 12.9. The smallest absolute Gasteiger partial charge is 0.119 e. The minimum atomic E-state index is 0.646. The van der Waals surface area contributed by atoms with Crippen molar-refractivity contribution >= 4 is 0 Å². The van der Waals surface area contributed by atoms with Crippen LogP contribution in [0, 0.1) is 11.3 Å². The lowest BCUT2D eigenvalue weighted by molar-refractivity contribution is 0.110. The van der Waals surface area contributed by atoms with Crippen LogP contribution in [0.25, 0.3) is 0 Å². The van der Waals surface area contributed by atoms with Gasteiger partial charge in [-0.2, -0.15) is 5.26 Å². The summed E-state index contributed by atoms with van der Waals surface area (Å²) in [5.41, 5.74) is 0.646. The van der Waals surface area contributed by atoms with E-state index < -0.39 is 0 Å². The SMILES string of the molecule is COCCN(CCCOc1ccc(C#N)cc1)CCOC. The minimum Gasteiger partial charge on any atom is -0.494 e. The number of hydrogen-bond acceptors (Lipinski definition) is 5. The van der Waals surface area contributed by atoms with E-state index >= 15 is 0 Å². The molecule has 0 amide bonds. The maximum Gasteiger partial charge on any atom is 0.119 e. The van der Waals surface area contributed by atoms with Gasteiger partial charge in [-0.25, -0.2) is 0 Å². The second kappa shape index (κ2) is 11.1. The van der Waals surface area contributed by atoms with E-state index in [1.807, 2.05) is 12.1 Å². The van der Waals surface area contributed by atoms with Crippen molar-refractivity contribution in [2.75, 3.05) is 53.7 Å². The molecule has 0 aliphatic rings. The first-order valence-electron chi connectivity index (χ1n) is 7.13. The molecule has 0 heterocycles. The van der Waals surface area contributed by atoms with Crippen LogP contribution in [0.3, 0.4) is 0 Å². The first kappa shape index (κ1) is 17.4. The molecule has 5 nitrogen and oxygen atoms in total. The van der Waals surface area contributed by atoms with Crippen molar-refractivity contribution in [2.45, 2.75) is 6.42 Å². The summed E-state index contributed by atoms with van der Waals surface area (Å²) >= 11 is 0. The Bertz CT molecular complexity index is 407. The van der Waals surface area contributed by atoms with Gasteiger partial charge in [0.15, 0.2) is 0 Å². The summed E-state index contributed by atoms with van der Waals surface area (Å²) in [4.78, 5) is 2.30. The molecule has 0 aliphatic heterocycles. The van der Waals surface area contributed by atoms with Crippen molar-refractivity contribution in [2.24, 2.45) is 0 Å². The van der Waals surface area contributed by atoms with Crippen LogP contribution in [0.1, 0.15) is 12.0 Å². The van der Waals surface area contributed by atoms with E-state index in [-0.39, 0.29) is 0 Å². The van der Waals surface area contributed by atoms with Gasteiger partial charge in [0.1, 0.15) is 5.75 Å². The summed E-state index contributed by atoms with van der Waals surface area (Å²) in [6, 6.07) is 9.27. The van der Waals surface area contributed by atoms with E-state index in [0.29, 0.717) is 12.2 Å². The minimum absolute atomic E-state index is 0.646. The van der Waals surface area contributed by atoms with Gasteiger partial charge in [-0.05, 0) is 30.7 Å². The van der Waals surface area contributed by atoms with Gasteiger partial charge in [-0.1, -0.05) is 0 Å². The van der Waals surface area contributed by atoms with Crippen molar-refractivity contribution < 1.29 is 14.2 Å². The van der Waals surface area contributed by atoms with Crippen molar-refractivity contribution in [1.82, 2.24) is 4.90 Å². The molecule has 0 atom stereocenters. The number of hydrogen-bond donors (Lipinski definition) is 0. The average molecular weight is 292 g/mol. The molecule has 21 heavy (non-hydrogen) atoms. The van der Waals surface area contributed by atoms with Crippen LogP contribution < -0.4 is 4.74 Å². The molecule has 1 aromatic carbocycles. The van der Waals surface area contributed by atoms with Crippen LogP contribution in [0.2, 0.25) is 0 Å². The predicted molar refractivity (Wildman–Crippen MR) is 81.5 cm³/mol. The molecule has 0 aromatic heterocycles. The maximum absolute atomic E-state index is 8.73. The van der Waals surface area contributed by atoms with E-state index in [4.69, 9.17) is 19.5 Å². The lowest BCUT2D eigenvalue weighted by atomic mass is 10.2. The van der Waals surface area contributed by atoms with Crippen LogP contribution in [-0.2, 0) is 9.47 Å². The Morgan fingerprint density at radius 2 is 1.57 bits per heavy atom. The molecule has 0 radical (unpaired) electrons. The fourth-order valence-corrected chi connectivity index (χ4v) is 1.88. The Labute approximate surface area is 127 Å². The van der Waals surface area contributed by atoms with Crippen LogP contribution in [0.4, 0.5) is 0 Å². The Balaban J connectivity index is 2.24. The number of nitrogens with zero attached hydrogens (tertiary/aromatic N) is 2. The Kier molecular flexibility index (Phi) is 9.21. The Morgan fingerprint density at radius 1 is 0.952 bits per heavy atom. The lowest BCUT2D eigenvalue weighted by Gasteiger charge is -2.21. The van der Waals surface area contributed by atoms with Gasteiger partial charge in [0.2, 0.25) is 0 Å². The highest BCUT2D eigenvalue weighted by atomic mass is 16.5. The maximum atomic E-state index is 8.73. The monoisotopic (exact) mass is 292 g/mol. The van der Waals surface area contributed by atoms with Gasteiger partial charge in [0.05, 0.1) is 31.5 Å². The van der Waals surface area contributed by atoms with E-state index in [2.05, 4.69) is 11.0 Å². The van der Waals surface area contributed by atoms with Crippen molar-refractivity contribution in [3.05, 3.63) is 29.8 Å². The van der Waals surface area contributed by atoms with E-state index in [9.17, 15) is 0 Å². The van der Waals surface area contributed by atoms with Crippen LogP contribution in [0.15, 0.2) is 24.3 Å². The molecule has 0 saturated carbocycles. The molecule has 116 valence electrons. The standard InChI is InChI=1S/C16H24N2O3/c1-19-12-9-18(10-13-20-2)8-3-11-21-16-6-4-15(14-17)5-7-16/h4-7H,3,8-13H2,1-2H3. The highest BCUT2D eigenvalue weighted by molar-refractivity contribution is 5.34. The molecule has 0 bridgehead atoms. The van der Waals surface area contributed by atoms with E-state index in [1.54, 1.807) is 26.4 Å². The number of rotatable bonds is 11. The zero-order valence-electron chi connectivity index (χ0n) is 12.9. The summed E-state index contributed by atoms with van der Waals surface area (Å²) in [6.45, 7) is 4.85. The third-order valence-corrected chi connectivity index (χ3v) is 3.09. The molecule has 1 aromatic rings. The quantitative estimate of drug-likeness (QED) is 0.583. The molecular weight excluding hydrogens is 268 g/mol. The number of methoxy groups -OCH3 is 2. The van der Waals surface area contributed by atoms with Crippen LogP contribution in [0.5, 0.6) is 5.75 Å². The fraction of sp³-hybridized carbons (Fsp3) is 0.562. The number of ether oxygens (including phenoxy) is 3. The normalized spacial score (nSPS) is 10.6. The zero-order chi connectivity index (χ0) is 15.3. The Morgan fingerprint density at radius 3 is 2.10 bits per heavy atom. The van der Waals surface area contributed by atoms with Crippen LogP contribution in [-0.4, -0.2) is 58.6 Å². The molecule has 5 heteroatoms. The number of benzene rings is 1. The third kappa shape index (κ3) is 7.66. The van der Waals surface area contributed by atoms with Crippen molar-refractivity contribution in [3.63, 3.8) is 0 Å². The topological polar surface area (TPSA) is 54.7 Å². The summed E-state index contributed by atoms with van der Waals surface area (Å²) in [6.07, 6.45) is 0.938. The molecule has 0 aliphatic carbocycles. The third-order valence-electron chi connectivity index (χ3n) is 3.09. The molecule has 1 rings (SSSR count). The van der Waals surface area contributed by atoms with Gasteiger partial charge in [-0.15, -0.1) is 0 Å². The molecule has 0 fully saturated rings. The molecule has 0 unspecified atom stereocenters. The summed E-state index contributed by atoms with van der Waals surface area (Å²) in [7, 11) is 3.42. The largest absolute Gasteiger partial charge is 0.494 e. The van der Waals surface area contributed by atoms with E-state index in [1.165, 1.54) is 0 Å². The highest BCUT2D eigenvalue weighted by Crippen LogP contribution is 2.11. The van der Waals surface area contributed by atoms with E-state index in [0.717, 1.165) is 45.0 Å². The van der Waals surface area contributed by atoms with Crippen molar-refractivity contribution in [3.8, 4) is 11.8 Å². The second-order valence-electron chi connectivity index (χ2n) is 4.67. The highest BCUT2D eigenvalue weighted by Gasteiger charge is 2.04.